The lowest BCUT2D eigenvalue weighted by atomic mass is 10.7. The van der Waals surface area contributed by atoms with E-state index >= 15 is 0 Å². The molecule has 0 aromatic carbocycles. The molecule has 0 unspecified atom stereocenters. The van der Waals surface area contributed by atoms with Crippen LogP contribution in [-0.4, -0.2) is 49.6 Å². The van der Waals surface area contributed by atoms with Crippen molar-refractivity contribution >= 4 is 15.7 Å². The van der Waals surface area contributed by atoms with Gasteiger partial charge in [-0.05, 0) is 26.2 Å². The summed E-state index contributed by atoms with van der Waals surface area (Å²) in [5, 5.41) is 0. The lowest BCUT2D eigenvalue weighted by molar-refractivity contribution is 0.401. The van der Waals surface area contributed by atoms with Crippen molar-refractivity contribution in [1.82, 2.24) is 7.77 Å². The highest BCUT2D eigenvalue weighted by molar-refractivity contribution is 6.28. The first-order valence-corrected chi connectivity index (χ1v) is 5.64. The lowest BCUT2D eigenvalue weighted by Gasteiger charge is -2.25. The summed E-state index contributed by atoms with van der Waals surface area (Å²) in [7, 11) is 0. The zero-order valence-electron chi connectivity index (χ0n) is 8.30. The van der Waals surface area contributed by atoms with Crippen LogP contribution in [0.5, 0.6) is 0 Å². The van der Waals surface area contributed by atoms with Crippen molar-refractivity contribution in [3.05, 3.63) is 0 Å². The Balaban J connectivity index is 3.58. The molecule has 0 aromatic rings. The van der Waals surface area contributed by atoms with Gasteiger partial charge >= 0.3 is 15.7 Å². The molecule has 0 aliphatic carbocycles. The molecule has 0 saturated heterocycles. The summed E-state index contributed by atoms with van der Waals surface area (Å²) in [5.41, 5.74) is 0. The maximum absolute atomic E-state index is 2.52. The largest absolute Gasteiger partial charge is 0.455 e. The van der Waals surface area contributed by atoms with E-state index in [-0.39, 0.29) is 0 Å². The van der Waals surface area contributed by atoms with Gasteiger partial charge in [0.2, 0.25) is 0 Å². The maximum atomic E-state index is 2.52. The van der Waals surface area contributed by atoms with Gasteiger partial charge in [0.15, 0.2) is 0 Å². The second-order valence-electron chi connectivity index (χ2n) is 2.56. The molecule has 65 valence electrons. The van der Waals surface area contributed by atoms with Gasteiger partial charge in [0, 0.05) is 0 Å². The molecule has 0 spiro atoms. The summed E-state index contributed by atoms with van der Waals surface area (Å²) in [6.45, 7) is 13.7. The van der Waals surface area contributed by atoms with Crippen molar-refractivity contribution in [1.29, 1.82) is 0 Å². The van der Waals surface area contributed by atoms with E-state index in [4.69, 9.17) is 0 Å². The van der Waals surface area contributed by atoms with Gasteiger partial charge in [0.25, 0.3) is 0 Å². The molecule has 0 aliphatic heterocycles. The summed E-state index contributed by atoms with van der Waals surface area (Å²) in [4.78, 5) is 0. The Morgan fingerprint density at radius 1 is 0.727 bits per heavy atom. The third-order valence-electron chi connectivity index (χ3n) is 1.95. The van der Waals surface area contributed by atoms with Crippen molar-refractivity contribution in [3.63, 3.8) is 0 Å². The quantitative estimate of drug-likeness (QED) is 0.554. The summed E-state index contributed by atoms with van der Waals surface area (Å²) in [6.07, 6.45) is 0. The summed E-state index contributed by atoms with van der Waals surface area (Å²) < 4.78 is 5.04. The van der Waals surface area contributed by atoms with Crippen LogP contribution in [0.25, 0.3) is 0 Å². The predicted molar refractivity (Wildman–Crippen MR) is 51.6 cm³/mol. The van der Waals surface area contributed by atoms with Crippen molar-refractivity contribution in [2.24, 2.45) is 0 Å². The molecule has 0 atom stereocenters. The Kier molecular flexibility index (Phi) is 7.41. The van der Waals surface area contributed by atoms with Gasteiger partial charge in [0.05, 0.1) is 0 Å². The topological polar surface area (TPSA) is 6.48 Å². The Hall–Kier alpha value is 0.452. The van der Waals surface area contributed by atoms with Crippen LogP contribution in [0.15, 0.2) is 0 Å². The van der Waals surface area contributed by atoms with E-state index in [0.717, 1.165) is 0 Å². The van der Waals surface area contributed by atoms with Crippen molar-refractivity contribution in [2.45, 2.75) is 27.7 Å². The normalized spacial score (nSPS) is 11.1. The highest BCUT2D eigenvalue weighted by Crippen LogP contribution is 1.89. The molecule has 0 rings (SSSR count). The van der Waals surface area contributed by atoms with Crippen LogP contribution in [0.4, 0.5) is 0 Å². The lowest BCUT2D eigenvalue weighted by Crippen LogP contribution is -2.41. The average molecular weight is 171 g/mol. The fourth-order valence-electron chi connectivity index (χ4n) is 1.00. The number of nitrogens with zero attached hydrogens (tertiary/aromatic N) is 2. The molecule has 2 nitrogen and oxygen atoms in total. The van der Waals surface area contributed by atoms with E-state index in [0.29, 0.717) is 15.7 Å². The minimum atomic E-state index is 0.394. The molecule has 0 amide bonds. The number of hydrogen-bond acceptors (Lipinski definition) is 2. The molecule has 1 radical (unpaired) electrons. The molecular weight excluding hydrogens is 151 g/mol. The van der Waals surface area contributed by atoms with Crippen molar-refractivity contribution < 1.29 is 0 Å². The van der Waals surface area contributed by atoms with E-state index in [9.17, 15) is 0 Å². The van der Waals surface area contributed by atoms with Crippen LogP contribution >= 0.6 is 0 Å². The van der Waals surface area contributed by atoms with Gasteiger partial charge in [-0.1, -0.05) is 27.7 Å². The first-order valence-electron chi connectivity index (χ1n) is 4.61. The predicted octanol–water partition coefficient (Wildman–Crippen LogP) is 1.20. The van der Waals surface area contributed by atoms with E-state index in [1.54, 1.807) is 0 Å². The smallest absolute Gasteiger partial charge is 0.378 e. The molecular formula is C8H20AlN2. The van der Waals surface area contributed by atoms with E-state index < -0.39 is 0 Å². The van der Waals surface area contributed by atoms with Gasteiger partial charge in [0.1, 0.15) is 0 Å². The minimum Gasteiger partial charge on any atom is -0.378 e. The first kappa shape index (κ1) is 11.5. The fraction of sp³-hybridized carbons (Fsp3) is 1.00. The van der Waals surface area contributed by atoms with Crippen LogP contribution in [0.2, 0.25) is 0 Å². The van der Waals surface area contributed by atoms with Gasteiger partial charge in [-0.2, -0.15) is 0 Å². The van der Waals surface area contributed by atoms with Gasteiger partial charge < -0.3 is 7.77 Å². The molecule has 0 bridgehead atoms. The molecule has 0 N–H and O–H groups in total. The molecule has 0 heterocycles. The second-order valence-corrected chi connectivity index (χ2v) is 4.25. The number of hydrogen-bond donors (Lipinski definition) is 0. The zero-order chi connectivity index (χ0) is 8.69. The number of rotatable bonds is 6. The van der Waals surface area contributed by atoms with E-state index in [1.165, 1.54) is 26.2 Å². The van der Waals surface area contributed by atoms with E-state index in [2.05, 4.69) is 35.5 Å². The summed E-state index contributed by atoms with van der Waals surface area (Å²) in [6, 6.07) is 0. The van der Waals surface area contributed by atoms with Gasteiger partial charge in [-0.25, -0.2) is 0 Å². The van der Waals surface area contributed by atoms with E-state index in [1.807, 2.05) is 0 Å². The monoisotopic (exact) mass is 171 g/mol. The third-order valence-corrected chi connectivity index (χ3v) is 4.07. The van der Waals surface area contributed by atoms with Gasteiger partial charge in [-0.15, -0.1) is 0 Å². The van der Waals surface area contributed by atoms with Crippen molar-refractivity contribution in [2.75, 3.05) is 26.2 Å². The Labute approximate surface area is 77.7 Å². The van der Waals surface area contributed by atoms with Crippen LogP contribution < -0.4 is 0 Å². The first-order chi connectivity index (χ1) is 5.28. The highest BCUT2D eigenvalue weighted by Gasteiger charge is 2.08. The fourth-order valence-corrected chi connectivity index (χ4v) is 2.12. The van der Waals surface area contributed by atoms with Gasteiger partial charge in [-0.3, -0.25) is 0 Å². The minimum absolute atomic E-state index is 0.394. The summed E-state index contributed by atoms with van der Waals surface area (Å²) >= 11 is 0.394. The molecule has 0 aromatic heterocycles. The Bertz CT molecular complexity index is 70.2. The van der Waals surface area contributed by atoms with Crippen LogP contribution in [0.3, 0.4) is 0 Å². The average Bonchev–Trinajstić information content (AvgIpc) is 2.07. The van der Waals surface area contributed by atoms with Crippen LogP contribution in [0.1, 0.15) is 27.7 Å². The highest BCUT2D eigenvalue weighted by atomic mass is 27.1. The zero-order valence-corrected chi connectivity index (χ0v) is 9.45. The standard InChI is InChI=1S/2C4H10N.Al/c2*1-3-5-4-2;/h2*3-4H2,1-2H3;/q2*-1;+2. The second kappa shape index (κ2) is 7.12. The Morgan fingerprint density at radius 3 is 1.18 bits per heavy atom. The van der Waals surface area contributed by atoms with Crippen LogP contribution in [0, 0.1) is 0 Å². The van der Waals surface area contributed by atoms with Crippen LogP contribution in [-0.2, 0) is 0 Å². The van der Waals surface area contributed by atoms with Crippen molar-refractivity contribution in [3.8, 4) is 0 Å². The molecule has 0 saturated carbocycles. The maximum Gasteiger partial charge on any atom is 0.455 e. The Morgan fingerprint density at radius 2 is 1.00 bits per heavy atom. The SMILES string of the molecule is CC[N](CC)[Al][N](CC)CC. The molecule has 0 fully saturated rings. The molecule has 11 heavy (non-hydrogen) atoms. The molecule has 0 aliphatic rings. The molecule has 3 heteroatoms. The third kappa shape index (κ3) is 4.82. The summed E-state index contributed by atoms with van der Waals surface area (Å²) in [5.74, 6) is 0.